The summed E-state index contributed by atoms with van der Waals surface area (Å²) in [6.07, 6.45) is 1.68. The highest BCUT2D eigenvalue weighted by molar-refractivity contribution is 5.82. The van der Waals surface area contributed by atoms with E-state index in [9.17, 15) is 9.18 Å². The largest absolute Gasteiger partial charge is 0.368 e. The van der Waals surface area contributed by atoms with Gasteiger partial charge in [-0.2, -0.15) is 0 Å². The number of anilines is 2. The zero-order chi connectivity index (χ0) is 19.7. The number of carbonyl (C=O) groups is 1. The summed E-state index contributed by atoms with van der Waals surface area (Å²) in [5, 5.41) is 3.19. The van der Waals surface area contributed by atoms with Crippen LogP contribution in [-0.2, 0) is 11.2 Å². The van der Waals surface area contributed by atoms with E-state index in [1.165, 1.54) is 23.4 Å². The molecule has 2 aliphatic rings. The summed E-state index contributed by atoms with van der Waals surface area (Å²) in [5.74, 6) is -0.174. The van der Waals surface area contributed by atoms with E-state index < -0.39 is 0 Å². The van der Waals surface area contributed by atoms with Crippen molar-refractivity contribution in [2.75, 3.05) is 29.4 Å². The Morgan fingerprint density at radius 2 is 1.93 bits per heavy atom. The van der Waals surface area contributed by atoms with E-state index in [2.05, 4.69) is 53.2 Å². The smallest absolute Gasteiger partial charge is 0.225 e. The molecule has 2 aromatic rings. The van der Waals surface area contributed by atoms with Crippen molar-refractivity contribution in [2.24, 2.45) is 5.92 Å². The molecule has 4 nitrogen and oxygen atoms in total. The number of para-hydroxylation sites is 1. The second-order valence-corrected chi connectivity index (χ2v) is 7.94. The number of halogens is 1. The first-order valence-corrected chi connectivity index (χ1v) is 10.2. The average molecular weight is 381 g/mol. The topological polar surface area (TPSA) is 35.6 Å². The third-order valence-corrected chi connectivity index (χ3v) is 6.15. The van der Waals surface area contributed by atoms with E-state index in [0.717, 1.165) is 38.2 Å². The first-order chi connectivity index (χ1) is 13.6. The van der Waals surface area contributed by atoms with Crippen molar-refractivity contribution in [1.82, 2.24) is 5.32 Å². The van der Waals surface area contributed by atoms with E-state index in [1.54, 1.807) is 0 Å². The Morgan fingerprint density at radius 1 is 1.18 bits per heavy atom. The van der Waals surface area contributed by atoms with Gasteiger partial charge in [0.05, 0.1) is 12.0 Å². The molecule has 1 fully saturated rings. The summed E-state index contributed by atoms with van der Waals surface area (Å²) in [6, 6.07) is 15.4. The minimum absolute atomic E-state index is 0.0906. The van der Waals surface area contributed by atoms with Gasteiger partial charge in [0.1, 0.15) is 5.82 Å². The Kier molecular flexibility index (Phi) is 5.25. The zero-order valence-electron chi connectivity index (χ0n) is 16.6. The van der Waals surface area contributed by atoms with Gasteiger partial charge in [-0.25, -0.2) is 4.39 Å². The van der Waals surface area contributed by atoms with Gasteiger partial charge in [0.15, 0.2) is 0 Å². The lowest BCUT2D eigenvalue weighted by Gasteiger charge is -2.49. The molecule has 3 atom stereocenters. The highest BCUT2D eigenvalue weighted by Crippen LogP contribution is 2.37. The third-order valence-electron chi connectivity index (χ3n) is 6.15. The van der Waals surface area contributed by atoms with Gasteiger partial charge in [-0.05, 0) is 55.7 Å². The molecular formula is C23H28FN3O. The average Bonchev–Trinajstić information content (AvgIpc) is 2.73. The summed E-state index contributed by atoms with van der Waals surface area (Å²) in [7, 11) is 0. The van der Waals surface area contributed by atoms with Gasteiger partial charge in [0.25, 0.3) is 0 Å². The van der Waals surface area contributed by atoms with Crippen LogP contribution in [0.5, 0.6) is 0 Å². The summed E-state index contributed by atoms with van der Waals surface area (Å²) >= 11 is 0. The Hall–Kier alpha value is -2.56. The number of hydrogen-bond donors (Lipinski definition) is 1. The second-order valence-electron chi connectivity index (χ2n) is 7.94. The molecule has 1 N–H and O–H groups in total. The highest BCUT2D eigenvalue weighted by Gasteiger charge is 2.41. The van der Waals surface area contributed by atoms with Crippen molar-refractivity contribution in [3.8, 4) is 0 Å². The van der Waals surface area contributed by atoms with E-state index in [1.807, 2.05) is 12.1 Å². The van der Waals surface area contributed by atoms with E-state index >= 15 is 0 Å². The normalized spacial score (nSPS) is 22.2. The Bertz CT molecular complexity index is 838. The highest BCUT2D eigenvalue weighted by atomic mass is 19.1. The summed E-state index contributed by atoms with van der Waals surface area (Å²) in [5.41, 5.74) is 3.51. The minimum atomic E-state index is -0.222. The van der Waals surface area contributed by atoms with Gasteiger partial charge >= 0.3 is 0 Å². The number of piperazine rings is 1. The molecule has 1 saturated heterocycles. The van der Waals surface area contributed by atoms with Crippen molar-refractivity contribution >= 4 is 17.3 Å². The predicted molar refractivity (Wildman–Crippen MR) is 111 cm³/mol. The Labute approximate surface area is 166 Å². The third kappa shape index (κ3) is 3.58. The maximum atomic E-state index is 13.3. The summed E-state index contributed by atoms with van der Waals surface area (Å²) in [6.45, 7) is 6.61. The van der Waals surface area contributed by atoms with Gasteiger partial charge in [-0.3, -0.25) is 4.79 Å². The van der Waals surface area contributed by atoms with Gasteiger partial charge < -0.3 is 15.1 Å². The molecule has 1 amide bonds. The van der Waals surface area contributed by atoms with Crippen molar-refractivity contribution in [3.05, 3.63) is 59.9 Å². The SMILES string of the molecule is CCC(C)NC(=O)C1Cc2ccccc2N2CCN(c3ccc(F)cc3)CC12. The molecular weight excluding hydrogens is 353 g/mol. The van der Waals surface area contributed by atoms with E-state index in [-0.39, 0.29) is 29.7 Å². The Balaban J connectivity index is 1.62. The Morgan fingerprint density at radius 3 is 2.68 bits per heavy atom. The van der Waals surface area contributed by atoms with Crippen LogP contribution in [0.3, 0.4) is 0 Å². The van der Waals surface area contributed by atoms with Crippen LogP contribution in [0.1, 0.15) is 25.8 Å². The number of nitrogens with one attached hydrogen (secondary N) is 1. The molecule has 2 heterocycles. The monoisotopic (exact) mass is 381 g/mol. The van der Waals surface area contributed by atoms with Crippen LogP contribution in [0.2, 0.25) is 0 Å². The molecule has 5 heteroatoms. The fourth-order valence-corrected chi connectivity index (χ4v) is 4.40. The number of hydrogen-bond acceptors (Lipinski definition) is 3. The molecule has 0 radical (unpaired) electrons. The molecule has 0 aliphatic carbocycles. The lowest BCUT2D eigenvalue weighted by Crippen LogP contribution is -2.61. The zero-order valence-corrected chi connectivity index (χ0v) is 16.6. The molecule has 28 heavy (non-hydrogen) atoms. The van der Waals surface area contributed by atoms with E-state index in [4.69, 9.17) is 0 Å². The van der Waals surface area contributed by atoms with Crippen LogP contribution in [0.15, 0.2) is 48.5 Å². The lowest BCUT2D eigenvalue weighted by atomic mass is 9.83. The number of fused-ring (bicyclic) bond motifs is 3. The molecule has 0 spiro atoms. The first kappa shape index (κ1) is 18.8. The molecule has 2 aromatic carbocycles. The van der Waals surface area contributed by atoms with Crippen LogP contribution in [-0.4, -0.2) is 37.6 Å². The first-order valence-electron chi connectivity index (χ1n) is 10.2. The van der Waals surface area contributed by atoms with Crippen LogP contribution >= 0.6 is 0 Å². The molecule has 4 rings (SSSR count). The van der Waals surface area contributed by atoms with Gasteiger partial charge in [-0.1, -0.05) is 25.1 Å². The predicted octanol–water partition coefficient (Wildman–Crippen LogP) is 3.61. The number of amides is 1. The fourth-order valence-electron chi connectivity index (χ4n) is 4.40. The van der Waals surface area contributed by atoms with E-state index in [0.29, 0.717) is 0 Å². The molecule has 3 unspecified atom stereocenters. The molecule has 2 aliphatic heterocycles. The summed E-state index contributed by atoms with van der Waals surface area (Å²) in [4.78, 5) is 17.8. The number of carbonyl (C=O) groups excluding carboxylic acids is 1. The maximum Gasteiger partial charge on any atom is 0.225 e. The number of nitrogens with zero attached hydrogens (tertiary/aromatic N) is 2. The quantitative estimate of drug-likeness (QED) is 0.879. The van der Waals surface area contributed by atoms with Crippen LogP contribution in [0.4, 0.5) is 15.8 Å². The molecule has 0 saturated carbocycles. The number of rotatable bonds is 4. The number of benzene rings is 2. The van der Waals surface area contributed by atoms with Crippen LogP contribution in [0, 0.1) is 11.7 Å². The second kappa shape index (κ2) is 7.82. The van der Waals surface area contributed by atoms with Crippen LogP contribution < -0.4 is 15.1 Å². The van der Waals surface area contributed by atoms with Gasteiger partial charge in [0, 0.05) is 37.1 Å². The van der Waals surface area contributed by atoms with Crippen molar-refractivity contribution in [2.45, 2.75) is 38.8 Å². The van der Waals surface area contributed by atoms with Gasteiger partial charge in [-0.15, -0.1) is 0 Å². The van der Waals surface area contributed by atoms with Crippen LogP contribution in [0.25, 0.3) is 0 Å². The molecule has 0 aromatic heterocycles. The van der Waals surface area contributed by atoms with Crippen molar-refractivity contribution in [3.63, 3.8) is 0 Å². The summed E-state index contributed by atoms with van der Waals surface area (Å²) < 4.78 is 13.3. The van der Waals surface area contributed by atoms with Gasteiger partial charge in [0.2, 0.25) is 5.91 Å². The minimum Gasteiger partial charge on any atom is -0.368 e. The van der Waals surface area contributed by atoms with Crippen molar-refractivity contribution < 1.29 is 9.18 Å². The fraction of sp³-hybridized carbons (Fsp3) is 0.435. The lowest BCUT2D eigenvalue weighted by molar-refractivity contribution is -0.126. The maximum absolute atomic E-state index is 13.3. The molecule has 0 bridgehead atoms. The standard InChI is InChI=1S/C23H28FN3O/c1-3-16(2)25-23(28)20-14-17-6-4-5-7-21(17)27-13-12-26(15-22(20)27)19-10-8-18(24)9-11-19/h4-11,16,20,22H,3,12-15H2,1-2H3,(H,25,28). The molecule has 148 valence electrons. The van der Waals surface area contributed by atoms with Crippen molar-refractivity contribution in [1.29, 1.82) is 0 Å².